The van der Waals surface area contributed by atoms with Crippen molar-refractivity contribution in [2.24, 2.45) is 5.73 Å². The third kappa shape index (κ3) is 7.30. The highest BCUT2D eigenvalue weighted by Crippen LogP contribution is 1.76. The number of hydrogen-bond donors (Lipinski definition) is 3. The Hall–Kier alpha value is -0.810. The molecular formula is C7H17N3O2. The fraction of sp³-hybridized carbons (Fsp3) is 0.857. The largest absolute Gasteiger partial charge is 0.385 e. The molecule has 0 fully saturated rings. The molecule has 0 spiro atoms. The van der Waals surface area contributed by atoms with Crippen molar-refractivity contribution in [3.63, 3.8) is 0 Å². The van der Waals surface area contributed by atoms with E-state index in [1.165, 1.54) is 0 Å². The van der Waals surface area contributed by atoms with Crippen LogP contribution in [0.3, 0.4) is 0 Å². The number of nitrogens with one attached hydrogen (secondary N) is 2. The summed E-state index contributed by atoms with van der Waals surface area (Å²) in [6.07, 6.45) is 0.826. The van der Waals surface area contributed by atoms with Gasteiger partial charge in [-0.05, 0) is 6.42 Å². The van der Waals surface area contributed by atoms with Crippen LogP contribution in [0.2, 0.25) is 0 Å². The fourth-order valence-electron chi connectivity index (χ4n) is 0.667. The predicted octanol–water partition coefficient (Wildman–Crippen LogP) is -0.719. The van der Waals surface area contributed by atoms with Gasteiger partial charge >= 0.3 is 6.03 Å². The number of ether oxygens (including phenoxy) is 1. The number of amides is 2. The minimum Gasteiger partial charge on any atom is -0.385 e. The summed E-state index contributed by atoms with van der Waals surface area (Å²) in [6, 6.07) is -0.170. The van der Waals surface area contributed by atoms with E-state index in [4.69, 9.17) is 10.5 Å². The molecule has 5 heteroatoms. The summed E-state index contributed by atoms with van der Waals surface area (Å²) in [4.78, 5) is 10.8. The monoisotopic (exact) mass is 175 g/mol. The first-order valence-electron chi connectivity index (χ1n) is 4.02. The first-order chi connectivity index (χ1) is 5.81. The van der Waals surface area contributed by atoms with Crippen LogP contribution in [0.25, 0.3) is 0 Å². The second-order valence-corrected chi connectivity index (χ2v) is 2.32. The summed E-state index contributed by atoms with van der Waals surface area (Å²) >= 11 is 0. The Kier molecular flexibility index (Phi) is 7.73. The quantitative estimate of drug-likeness (QED) is 0.466. The smallest absolute Gasteiger partial charge is 0.314 e. The molecule has 0 aliphatic carbocycles. The molecule has 0 unspecified atom stereocenters. The number of carbonyl (C=O) groups excluding carboxylic acids is 1. The SMILES string of the molecule is COCCCNC(=O)NCCN. The predicted molar refractivity (Wildman–Crippen MR) is 46.9 cm³/mol. The molecule has 0 aromatic rings. The molecule has 0 saturated heterocycles. The zero-order valence-electron chi connectivity index (χ0n) is 7.43. The van der Waals surface area contributed by atoms with Gasteiger partial charge in [-0.2, -0.15) is 0 Å². The first-order valence-corrected chi connectivity index (χ1v) is 4.02. The highest BCUT2D eigenvalue weighted by molar-refractivity contribution is 5.73. The standard InChI is InChI=1S/C7H17N3O2/c1-12-6-2-4-9-7(11)10-5-3-8/h2-6,8H2,1H3,(H2,9,10,11). The van der Waals surface area contributed by atoms with Gasteiger partial charge in [0.25, 0.3) is 0 Å². The van der Waals surface area contributed by atoms with Crippen molar-refractivity contribution in [2.45, 2.75) is 6.42 Å². The van der Waals surface area contributed by atoms with E-state index in [-0.39, 0.29) is 6.03 Å². The second-order valence-electron chi connectivity index (χ2n) is 2.32. The zero-order valence-corrected chi connectivity index (χ0v) is 7.43. The van der Waals surface area contributed by atoms with Gasteiger partial charge in [0.2, 0.25) is 0 Å². The lowest BCUT2D eigenvalue weighted by atomic mass is 10.4. The maximum Gasteiger partial charge on any atom is 0.314 e. The molecule has 0 radical (unpaired) electrons. The highest BCUT2D eigenvalue weighted by atomic mass is 16.5. The van der Waals surface area contributed by atoms with Gasteiger partial charge in [0.1, 0.15) is 0 Å². The molecule has 4 N–H and O–H groups in total. The summed E-state index contributed by atoms with van der Waals surface area (Å²) in [5.74, 6) is 0. The molecule has 0 aliphatic heterocycles. The van der Waals surface area contributed by atoms with Crippen molar-refractivity contribution in [1.29, 1.82) is 0 Å². The van der Waals surface area contributed by atoms with E-state index in [1.807, 2.05) is 0 Å². The summed E-state index contributed by atoms with van der Waals surface area (Å²) < 4.78 is 4.81. The first kappa shape index (κ1) is 11.2. The Balaban J connectivity index is 3.08. The van der Waals surface area contributed by atoms with Crippen molar-refractivity contribution in [1.82, 2.24) is 10.6 Å². The normalized spacial score (nSPS) is 9.50. The van der Waals surface area contributed by atoms with E-state index in [9.17, 15) is 4.79 Å². The van der Waals surface area contributed by atoms with Gasteiger partial charge in [-0.3, -0.25) is 0 Å². The number of nitrogens with two attached hydrogens (primary N) is 1. The molecular weight excluding hydrogens is 158 g/mol. The maximum absolute atomic E-state index is 10.8. The molecule has 0 rings (SSSR count). The van der Waals surface area contributed by atoms with Gasteiger partial charge in [-0.15, -0.1) is 0 Å². The van der Waals surface area contributed by atoms with Gasteiger partial charge in [0.15, 0.2) is 0 Å². The van der Waals surface area contributed by atoms with Crippen LogP contribution >= 0.6 is 0 Å². The minimum absolute atomic E-state index is 0.170. The van der Waals surface area contributed by atoms with Crippen LogP contribution in [0, 0.1) is 0 Å². The molecule has 0 aromatic heterocycles. The van der Waals surface area contributed by atoms with Crippen molar-refractivity contribution < 1.29 is 9.53 Å². The zero-order chi connectivity index (χ0) is 9.23. The Labute approximate surface area is 72.6 Å². The highest BCUT2D eigenvalue weighted by Gasteiger charge is 1.95. The number of rotatable bonds is 6. The van der Waals surface area contributed by atoms with E-state index in [0.29, 0.717) is 26.2 Å². The number of carbonyl (C=O) groups is 1. The van der Waals surface area contributed by atoms with E-state index >= 15 is 0 Å². The molecule has 0 bridgehead atoms. The van der Waals surface area contributed by atoms with E-state index < -0.39 is 0 Å². The van der Waals surface area contributed by atoms with Crippen LogP contribution in [0.1, 0.15) is 6.42 Å². The van der Waals surface area contributed by atoms with Gasteiger partial charge in [0, 0.05) is 33.4 Å². The lowest BCUT2D eigenvalue weighted by Crippen LogP contribution is -2.38. The van der Waals surface area contributed by atoms with Gasteiger partial charge in [0.05, 0.1) is 0 Å². The van der Waals surface area contributed by atoms with Crippen LogP contribution in [0.5, 0.6) is 0 Å². The van der Waals surface area contributed by atoms with Gasteiger partial charge < -0.3 is 21.1 Å². The number of urea groups is 1. The summed E-state index contributed by atoms with van der Waals surface area (Å²) in [6.45, 7) is 2.27. The van der Waals surface area contributed by atoms with Gasteiger partial charge in [-0.1, -0.05) is 0 Å². The summed E-state index contributed by atoms with van der Waals surface area (Å²) in [5.41, 5.74) is 5.19. The molecule has 0 aromatic carbocycles. The molecule has 0 atom stereocenters. The van der Waals surface area contributed by atoms with Crippen molar-refractivity contribution >= 4 is 6.03 Å². The molecule has 12 heavy (non-hydrogen) atoms. The Bertz CT molecular complexity index is 119. The maximum atomic E-state index is 10.8. The molecule has 5 nitrogen and oxygen atoms in total. The topological polar surface area (TPSA) is 76.4 Å². The Morgan fingerprint density at radius 3 is 2.67 bits per heavy atom. The molecule has 2 amide bonds. The van der Waals surface area contributed by atoms with Crippen molar-refractivity contribution in [3.8, 4) is 0 Å². The Morgan fingerprint density at radius 2 is 2.08 bits per heavy atom. The fourth-order valence-corrected chi connectivity index (χ4v) is 0.667. The van der Waals surface area contributed by atoms with Crippen LogP contribution in [-0.2, 0) is 4.74 Å². The van der Waals surface area contributed by atoms with Crippen molar-refractivity contribution in [2.75, 3.05) is 33.4 Å². The third-order valence-corrected chi connectivity index (χ3v) is 1.24. The van der Waals surface area contributed by atoms with E-state index in [1.54, 1.807) is 7.11 Å². The van der Waals surface area contributed by atoms with Crippen LogP contribution in [-0.4, -0.2) is 39.4 Å². The van der Waals surface area contributed by atoms with E-state index in [0.717, 1.165) is 6.42 Å². The van der Waals surface area contributed by atoms with Crippen molar-refractivity contribution in [3.05, 3.63) is 0 Å². The number of methoxy groups -OCH3 is 1. The minimum atomic E-state index is -0.170. The van der Waals surface area contributed by atoms with Crippen LogP contribution < -0.4 is 16.4 Å². The molecule has 72 valence electrons. The summed E-state index contributed by atoms with van der Waals surface area (Å²) in [7, 11) is 1.63. The third-order valence-electron chi connectivity index (χ3n) is 1.24. The molecule has 0 heterocycles. The summed E-state index contributed by atoms with van der Waals surface area (Å²) in [5, 5.41) is 5.26. The average Bonchev–Trinajstić information content (AvgIpc) is 2.09. The lowest BCUT2D eigenvalue weighted by Gasteiger charge is -2.05. The second kappa shape index (κ2) is 8.29. The van der Waals surface area contributed by atoms with Gasteiger partial charge in [-0.25, -0.2) is 4.79 Å². The number of hydrogen-bond acceptors (Lipinski definition) is 3. The van der Waals surface area contributed by atoms with Crippen LogP contribution in [0.15, 0.2) is 0 Å². The van der Waals surface area contributed by atoms with E-state index in [2.05, 4.69) is 10.6 Å². The Morgan fingerprint density at radius 1 is 1.42 bits per heavy atom. The molecule has 0 saturated carbocycles. The lowest BCUT2D eigenvalue weighted by molar-refractivity contribution is 0.193. The average molecular weight is 175 g/mol. The molecule has 0 aliphatic rings. The van der Waals surface area contributed by atoms with Crippen LogP contribution in [0.4, 0.5) is 4.79 Å².